The zero-order chi connectivity index (χ0) is 24.9. The Morgan fingerprint density at radius 3 is 2.61 bits per heavy atom. The fourth-order valence-corrected chi connectivity index (χ4v) is 5.92. The maximum atomic E-state index is 12.8. The number of benzene rings is 3. The van der Waals surface area contributed by atoms with Gasteiger partial charge in [0, 0.05) is 37.0 Å². The van der Waals surface area contributed by atoms with Crippen molar-refractivity contribution in [2.75, 3.05) is 26.7 Å². The molecule has 0 bridgehead atoms. The first-order valence-corrected chi connectivity index (χ1v) is 13.6. The summed E-state index contributed by atoms with van der Waals surface area (Å²) >= 11 is 1.58. The summed E-state index contributed by atoms with van der Waals surface area (Å²) in [7, 11) is 2.17. The van der Waals surface area contributed by atoms with Gasteiger partial charge in [-0.25, -0.2) is 0 Å². The summed E-state index contributed by atoms with van der Waals surface area (Å²) in [5.41, 5.74) is 2.62. The highest BCUT2D eigenvalue weighted by Gasteiger charge is 2.25. The summed E-state index contributed by atoms with van der Waals surface area (Å²) in [5, 5.41) is 2.61. The molecule has 0 aliphatic carbocycles. The Hall–Kier alpha value is -3.15. The van der Waals surface area contributed by atoms with Gasteiger partial charge in [-0.2, -0.15) is 0 Å². The summed E-state index contributed by atoms with van der Waals surface area (Å²) in [6.45, 7) is 6.09. The molecule has 4 nitrogen and oxygen atoms in total. The first kappa shape index (κ1) is 24.5. The quantitative estimate of drug-likeness (QED) is 0.269. The van der Waals surface area contributed by atoms with Crippen molar-refractivity contribution in [3.05, 3.63) is 99.7 Å². The van der Waals surface area contributed by atoms with Crippen LogP contribution in [-0.4, -0.2) is 42.5 Å². The van der Waals surface area contributed by atoms with Gasteiger partial charge in [-0.1, -0.05) is 54.6 Å². The van der Waals surface area contributed by atoms with Crippen molar-refractivity contribution in [1.29, 1.82) is 0 Å². The number of thiophene rings is 1. The summed E-state index contributed by atoms with van der Waals surface area (Å²) in [4.78, 5) is 19.2. The molecule has 1 aromatic heterocycles. The smallest absolute Gasteiger partial charge is 0.263 e. The van der Waals surface area contributed by atoms with Crippen LogP contribution in [0.4, 0.5) is 0 Å². The SMILES string of the molecule is Cc1ccc(C(=O)N2CCC[C@H](COc3ccc(CN(C)Cc4cccc5ccccc45)cc3)C2)s1. The number of amides is 1. The molecular weight excluding hydrogens is 464 g/mol. The largest absolute Gasteiger partial charge is 0.493 e. The monoisotopic (exact) mass is 498 g/mol. The summed E-state index contributed by atoms with van der Waals surface area (Å²) < 4.78 is 6.14. The highest BCUT2D eigenvalue weighted by atomic mass is 32.1. The van der Waals surface area contributed by atoms with E-state index in [-0.39, 0.29) is 5.91 Å². The van der Waals surface area contributed by atoms with Gasteiger partial charge in [-0.05, 0) is 73.0 Å². The van der Waals surface area contributed by atoms with E-state index < -0.39 is 0 Å². The van der Waals surface area contributed by atoms with E-state index in [9.17, 15) is 4.79 Å². The molecule has 1 atom stereocenters. The molecule has 1 saturated heterocycles. The van der Waals surface area contributed by atoms with Crippen molar-refractivity contribution in [2.24, 2.45) is 5.92 Å². The highest BCUT2D eigenvalue weighted by molar-refractivity contribution is 7.13. The lowest BCUT2D eigenvalue weighted by Crippen LogP contribution is -2.41. The third-order valence-electron chi connectivity index (χ3n) is 6.94. The zero-order valence-corrected chi connectivity index (χ0v) is 22.0. The molecule has 2 heterocycles. The van der Waals surface area contributed by atoms with Crippen molar-refractivity contribution >= 4 is 28.0 Å². The first-order chi connectivity index (χ1) is 17.5. The van der Waals surface area contributed by atoms with Crippen molar-refractivity contribution in [3.8, 4) is 5.75 Å². The highest BCUT2D eigenvalue weighted by Crippen LogP contribution is 2.24. The van der Waals surface area contributed by atoms with Crippen LogP contribution in [-0.2, 0) is 13.1 Å². The van der Waals surface area contributed by atoms with Crippen LogP contribution in [0.2, 0.25) is 0 Å². The summed E-state index contributed by atoms with van der Waals surface area (Å²) in [6.07, 6.45) is 2.14. The zero-order valence-electron chi connectivity index (χ0n) is 21.2. The molecule has 186 valence electrons. The fourth-order valence-electron chi connectivity index (χ4n) is 5.08. The van der Waals surface area contributed by atoms with Crippen LogP contribution >= 0.6 is 11.3 Å². The fraction of sp³-hybridized carbons (Fsp3) is 0.323. The van der Waals surface area contributed by atoms with Crippen LogP contribution in [0.3, 0.4) is 0 Å². The van der Waals surface area contributed by atoms with Gasteiger partial charge in [0.2, 0.25) is 0 Å². The van der Waals surface area contributed by atoms with Crippen LogP contribution in [0.5, 0.6) is 5.75 Å². The molecule has 0 N–H and O–H groups in total. The summed E-state index contributed by atoms with van der Waals surface area (Å²) in [5.74, 6) is 1.43. The van der Waals surface area contributed by atoms with Crippen LogP contribution in [0.15, 0.2) is 78.9 Å². The van der Waals surface area contributed by atoms with Gasteiger partial charge in [-0.3, -0.25) is 9.69 Å². The van der Waals surface area contributed by atoms with Crippen molar-refractivity contribution in [3.63, 3.8) is 0 Å². The predicted molar refractivity (Wildman–Crippen MR) is 149 cm³/mol. The molecule has 1 amide bonds. The van der Waals surface area contributed by atoms with E-state index in [4.69, 9.17) is 4.74 Å². The van der Waals surface area contributed by atoms with E-state index in [1.807, 2.05) is 24.0 Å². The number of ether oxygens (including phenoxy) is 1. The van der Waals surface area contributed by atoms with Gasteiger partial charge < -0.3 is 9.64 Å². The maximum absolute atomic E-state index is 12.8. The Morgan fingerprint density at radius 2 is 1.81 bits per heavy atom. The van der Waals surface area contributed by atoms with Crippen LogP contribution in [0.25, 0.3) is 10.8 Å². The molecule has 1 aliphatic heterocycles. The second-order valence-electron chi connectivity index (χ2n) is 9.94. The molecule has 1 aliphatic rings. The lowest BCUT2D eigenvalue weighted by molar-refractivity contribution is 0.0638. The molecule has 0 spiro atoms. The average molecular weight is 499 g/mol. The number of rotatable bonds is 8. The van der Waals surface area contributed by atoms with Crippen molar-refractivity contribution < 1.29 is 9.53 Å². The van der Waals surface area contributed by atoms with Crippen LogP contribution < -0.4 is 4.74 Å². The second-order valence-corrected chi connectivity index (χ2v) is 11.2. The minimum absolute atomic E-state index is 0.162. The topological polar surface area (TPSA) is 32.8 Å². The minimum Gasteiger partial charge on any atom is -0.493 e. The van der Waals surface area contributed by atoms with Gasteiger partial charge in [0.05, 0.1) is 11.5 Å². The second kappa shape index (κ2) is 11.3. The van der Waals surface area contributed by atoms with Crippen LogP contribution in [0.1, 0.15) is 38.5 Å². The predicted octanol–water partition coefficient (Wildman–Crippen LogP) is 6.77. The minimum atomic E-state index is 0.162. The Labute approximate surface area is 218 Å². The number of hydrogen-bond donors (Lipinski definition) is 0. The Bertz CT molecular complexity index is 1310. The maximum Gasteiger partial charge on any atom is 0.263 e. The molecule has 0 unspecified atom stereocenters. The normalized spacial score (nSPS) is 16.0. The van der Waals surface area contributed by atoms with E-state index in [0.29, 0.717) is 12.5 Å². The van der Waals surface area contributed by atoms with E-state index >= 15 is 0 Å². The van der Waals surface area contributed by atoms with Crippen molar-refractivity contribution in [1.82, 2.24) is 9.80 Å². The van der Waals surface area contributed by atoms with Gasteiger partial charge in [0.25, 0.3) is 5.91 Å². The molecule has 36 heavy (non-hydrogen) atoms. The third-order valence-corrected chi connectivity index (χ3v) is 7.93. The Morgan fingerprint density at radius 1 is 1.00 bits per heavy atom. The number of carbonyl (C=O) groups excluding carboxylic acids is 1. The number of nitrogens with zero attached hydrogens (tertiary/aromatic N) is 2. The van der Waals surface area contributed by atoms with E-state index in [1.54, 1.807) is 11.3 Å². The van der Waals surface area contributed by atoms with Gasteiger partial charge >= 0.3 is 0 Å². The Balaban J connectivity index is 1.12. The van der Waals surface area contributed by atoms with Crippen LogP contribution in [0, 0.1) is 12.8 Å². The molecule has 5 rings (SSSR count). The number of carbonyl (C=O) groups is 1. The van der Waals surface area contributed by atoms with Gasteiger partial charge in [0.1, 0.15) is 5.75 Å². The molecule has 0 saturated carbocycles. The van der Waals surface area contributed by atoms with Crippen molar-refractivity contribution in [2.45, 2.75) is 32.9 Å². The molecule has 0 radical (unpaired) electrons. The molecule has 4 aromatic rings. The standard InChI is InChI=1S/C31H34N2O2S/c1-23-12-17-30(36-23)31(34)33-18-6-7-25(20-33)22-35-28-15-13-24(14-16-28)19-32(2)21-27-10-5-9-26-8-3-4-11-29(26)27/h3-5,8-17,25H,6-7,18-22H2,1-2H3/t25-/m0/s1. The van der Waals surface area contributed by atoms with E-state index in [1.165, 1.54) is 26.8 Å². The number of hydrogen-bond acceptors (Lipinski definition) is 4. The van der Waals surface area contributed by atoms with Gasteiger partial charge in [-0.15, -0.1) is 11.3 Å². The first-order valence-electron chi connectivity index (χ1n) is 12.8. The Kier molecular flexibility index (Phi) is 7.69. The number of fused-ring (bicyclic) bond motifs is 1. The molecule has 3 aromatic carbocycles. The van der Waals surface area contributed by atoms with Gasteiger partial charge in [0.15, 0.2) is 0 Å². The lowest BCUT2D eigenvalue weighted by Gasteiger charge is -2.32. The molecule has 1 fully saturated rings. The molecular formula is C31H34N2O2S. The van der Waals surface area contributed by atoms with E-state index in [0.717, 1.165) is 49.6 Å². The summed E-state index contributed by atoms with van der Waals surface area (Å²) in [6, 6.07) is 27.5. The number of piperidine rings is 1. The molecule has 5 heteroatoms. The average Bonchev–Trinajstić information content (AvgIpc) is 3.34. The number of likely N-dealkylation sites (tertiary alicyclic amines) is 1. The van der Waals surface area contributed by atoms with E-state index in [2.05, 4.69) is 78.7 Å². The third kappa shape index (κ3) is 5.97. The number of aryl methyl sites for hydroxylation is 1. The lowest BCUT2D eigenvalue weighted by atomic mass is 9.99.